The average Bonchev–Trinajstić information content (AvgIpc) is 2.43. The molecule has 3 unspecified atom stereocenters. The van der Waals surface area contributed by atoms with E-state index in [1.165, 1.54) is 42.0 Å². The molecule has 0 radical (unpaired) electrons. The molecule has 1 saturated heterocycles. The summed E-state index contributed by atoms with van der Waals surface area (Å²) in [4.78, 5) is 3.95. The number of piperidine rings is 1. The van der Waals surface area contributed by atoms with E-state index in [2.05, 4.69) is 48.5 Å². The predicted molar refractivity (Wildman–Crippen MR) is 82.8 cm³/mol. The molecular formula is C16H24N2S. The van der Waals surface area contributed by atoms with Gasteiger partial charge in [-0.05, 0) is 57.2 Å². The van der Waals surface area contributed by atoms with Crippen LogP contribution in [-0.4, -0.2) is 36.3 Å². The molecule has 104 valence electrons. The molecule has 2 heterocycles. The zero-order chi connectivity index (χ0) is 13.2. The Bertz CT molecular complexity index is 435. The van der Waals surface area contributed by atoms with Crippen molar-refractivity contribution in [1.82, 2.24) is 10.2 Å². The first-order chi connectivity index (χ1) is 9.24. The van der Waals surface area contributed by atoms with Gasteiger partial charge in [-0.15, -0.1) is 11.8 Å². The van der Waals surface area contributed by atoms with Crippen molar-refractivity contribution in [2.24, 2.45) is 0 Å². The van der Waals surface area contributed by atoms with Gasteiger partial charge in [-0.1, -0.05) is 18.2 Å². The normalized spacial score (nSPS) is 32.0. The van der Waals surface area contributed by atoms with Crippen LogP contribution in [-0.2, 0) is 0 Å². The molecule has 3 heteroatoms. The van der Waals surface area contributed by atoms with Gasteiger partial charge in [0.2, 0.25) is 0 Å². The molecule has 2 aliphatic heterocycles. The lowest BCUT2D eigenvalue weighted by Gasteiger charge is -2.38. The highest BCUT2D eigenvalue weighted by atomic mass is 32.2. The summed E-state index contributed by atoms with van der Waals surface area (Å²) in [5, 5.41) is 3.92. The number of thioether (sulfide) groups is 1. The zero-order valence-corrected chi connectivity index (χ0v) is 12.7. The second-order valence-electron chi connectivity index (χ2n) is 5.95. The van der Waals surface area contributed by atoms with Crippen LogP contribution in [0.5, 0.6) is 0 Å². The molecule has 3 rings (SSSR count). The van der Waals surface area contributed by atoms with Crippen molar-refractivity contribution in [2.45, 2.75) is 49.2 Å². The maximum atomic E-state index is 3.92. The van der Waals surface area contributed by atoms with Crippen molar-refractivity contribution in [1.29, 1.82) is 0 Å². The van der Waals surface area contributed by atoms with E-state index in [-0.39, 0.29) is 0 Å². The minimum atomic E-state index is 0.568. The molecule has 0 aromatic heterocycles. The molecule has 1 fully saturated rings. The number of likely N-dealkylation sites (tertiary alicyclic amines) is 1. The van der Waals surface area contributed by atoms with Crippen LogP contribution in [0, 0.1) is 0 Å². The molecule has 19 heavy (non-hydrogen) atoms. The number of benzene rings is 1. The molecule has 1 aromatic rings. The van der Waals surface area contributed by atoms with Crippen molar-refractivity contribution in [3.8, 4) is 0 Å². The van der Waals surface area contributed by atoms with Gasteiger partial charge in [0.25, 0.3) is 0 Å². The van der Waals surface area contributed by atoms with Gasteiger partial charge in [-0.3, -0.25) is 0 Å². The third-order valence-corrected chi connectivity index (χ3v) is 5.73. The number of nitrogens with zero attached hydrogens (tertiary/aromatic N) is 1. The summed E-state index contributed by atoms with van der Waals surface area (Å²) < 4.78 is 0. The number of fused-ring (bicyclic) bond motifs is 1. The lowest BCUT2D eigenvalue weighted by Crippen LogP contribution is -2.46. The number of rotatable bonds is 2. The van der Waals surface area contributed by atoms with Gasteiger partial charge >= 0.3 is 0 Å². The molecule has 3 atom stereocenters. The monoisotopic (exact) mass is 276 g/mol. The van der Waals surface area contributed by atoms with Gasteiger partial charge in [0.1, 0.15) is 0 Å². The molecule has 2 aliphatic rings. The van der Waals surface area contributed by atoms with Gasteiger partial charge in [0.15, 0.2) is 0 Å². The Labute approximate surface area is 121 Å². The largest absolute Gasteiger partial charge is 0.307 e. The third-order valence-electron chi connectivity index (χ3n) is 4.60. The van der Waals surface area contributed by atoms with E-state index < -0.39 is 0 Å². The fraction of sp³-hybridized carbons (Fsp3) is 0.625. The SMILES string of the molecule is CC1CC(NC2CCSc3ccccc32)CCN1C. The molecule has 0 bridgehead atoms. The van der Waals surface area contributed by atoms with E-state index in [1.54, 1.807) is 0 Å². The van der Waals surface area contributed by atoms with E-state index >= 15 is 0 Å². The summed E-state index contributed by atoms with van der Waals surface area (Å²) in [5.41, 5.74) is 1.52. The number of hydrogen-bond acceptors (Lipinski definition) is 3. The summed E-state index contributed by atoms with van der Waals surface area (Å²) in [6.45, 7) is 3.57. The summed E-state index contributed by atoms with van der Waals surface area (Å²) in [6.07, 6.45) is 3.83. The Morgan fingerprint density at radius 3 is 2.95 bits per heavy atom. The Hall–Kier alpha value is -0.510. The average molecular weight is 276 g/mol. The first-order valence-electron chi connectivity index (χ1n) is 7.42. The van der Waals surface area contributed by atoms with E-state index in [9.17, 15) is 0 Å². The Morgan fingerprint density at radius 2 is 2.11 bits per heavy atom. The van der Waals surface area contributed by atoms with Crippen LogP contribution in [0.15, 0.2) is 29.2 Å². The van der Waals surface area contributed by atoms with Crippen LogP contribution in [0.1, 0.15) is 37.8 Å². The molecule has 1 N–H and O–H groups in total. The lowest BCUT2D eigenvalue weighted by molar-refractivity contribution is 0.161. The quantitative estimate of drug-likeness (QED) is 0.892. The maximum Gasteiger partial charge on any atom is 0.0341 e. The molecular weight excluding hydrogens is 252 g/mol. The molecule has 0 saturated carbocycles. The van der Waals surface area contributed by atoms with Crippen LogP contribution >= 0.6 is 11.8 Å². The van der Waals surface area contributed by atoms with Crippen LogP contribution < -0.4 is 5.32 Å². The smallest absolute Gasteiger partial charge is 0.0341 e. The first kappa shape index (κ1) is 13.5. The molecule has 0 amide bonds. The van der Waals surface area contributed by atoms with E-state index in [1.807, 2.05) is 11.8 Å². The van der Waals surface area contributed by atoms with Crippen molar-refractivity contribution in [3.63, 3.8) is 0 Å². The van der Waals surface area contributed by atoms with Crippen molar-refractivity contribution in [3.05, 3.63) is 29.8 Å². The Morgan fingerprint density at radius 1 is 1.26 bits per heavy atom. The summed E-state index contributed by atoms with van der Waals surface area (Å²) >= 11 is 2.01. The highest BCUT2D eigenvalue weighted by Crippen LogP contribution is 2.36. The molecule has 0 spiro atoms. The van der Waals surface area contributed by atoms with Crippen LogP contribution in [0.25, 0.3) is 0 Å². The standard InChI is InChI=1S/C16H24N2S/c1-12-11-13(7-9-18(12)2)17-15-8-10-19-16-6-4-3-5-14(15)16/h3-6,12-13,15,17H,7-11H2,1-2H3. The fourth-order valence-corrected chi connectivity index (χ4v) is 4.37. The highest BCUT2D eigenvalue weighted by molar-refractivity contribution is 7.99. The predicted octanol–water partition coefficient (Wildman–Crippen LogP) is 3.30. The Kier molecular flexibility index (Phi) is 4.15. The maximum absolute atomic E-state index is 3.92. The molecule has 1 aromatic carbocycles. The van der Waals surface area contributed by atoms with Crippen LogP contribution in [0.4, 0.5) is 0 Å². The van der Waals surface area contributed by atoms with Crippen molar-refractivity contribution >= 4 is 11.8 Å². The van der Waals surface area contributed by atoms with E-state index in [0.29, 0.717) is 18.1 Å². The Balaban J connectivity index is 1.68. The molecule has 2 nitrogen and oxygen atoms in total. The first-order valence-corrected chi connectivity index (χ1v) is 8.40. The van der Waals surface area contributed by atoms with Crippen molar-refractivity contribution in [2.75, 3.05) is 19.3 Å². The summed E-state index contributed by atoms with van der Waals surface area (Å²) in [7, 11) is 2.24. The van der Waals surface area contributed by atoms with E-state index in [0.717, 1.165) is 0 Å². The number of nitrogens with one attached hydrogen (secondary N) is 1. The van der Waals surface area contributed by atoms with Crippen LogP contribution in [0.2, 0.25) is 0 Å². The summed E-state index contributed by atoms with van der Waals surface area (Å²) in [5.74, 6) is 1.25. The third kappa shape index (κ3) is 2.99. The van der Waals surface area contributed by atoms with Gasteiger partial charge in [-0.2, -0.15) is 0 Å². The van der Waals surface area contributed by atoms with Crippen molar-refractivity contribution < 1.29 is 0 Å². The zero-order valence-electron chi connectivity index (χ0n) is 11.9. The second-order valence-corrected chi connectivity index (χ2v) is 7.08. The van der Waals surface area contributed by atoms with Gasteiger partial charge in [0, 0.05) is 23.0 Å². The minimum absolute atomic E-state index is 0.568. The highest BCUT2D eigenvalue weighted by Gasteiger charge is 2.27. The second kappa shape index (κ2) is 5.86. The summed E-state index contributed by atoms with van der Waals surface area (Å²) in [6, 6.07) is 10.9. The van der Waals surface area contributed by atoms with Crippen LogP contribution in [0.3, 0.4) is 0 Å². The minimum Gasteiger partial charge on any atom is -0.307 e. The lowest BCUT2D eigenvalue weighted by atomic mass is 9.95. The fourth-order valence-electron chi connectivity index (χ4n) is 3.24. The van der Waals surface area contributed by atoms with Gasteiger partial charge in [0.05, 0.1) is 0 Å². The van der Waals surface area contributed by atoms with Gasteiger partial charge < -0.3 is 10.2 Å². The van der Waals surface area contributed by atoms with Gasteiger partial charge in [-0.25, -0.2) is 0 Å². The number of hydrogen-bond donors (Lipinski definition) is 1. The topological polar surface area (TPSA) is 15.3 Å². The van der Waals surface area contributed by atoms with E-state index in [4.69, 9.17) is 0 Å². The molecule has 0 aliphatic carbocycles.